The Morgan fingerprint density at radius 2 is 2.14 bits per heavy atom. The van der Waals surface area contributed by atoms with Crippen LogP contribution in [0.1, 0.15) is 5.56 Å². The molecule has 3 N–H and O–H groups in total. The van der Waals surface area contributed by atoms with E-state index >= 15 is 0 Å². The fraction of sp³-hybridized carbons (Fsp3) is 0.143. The Labute approximate surface area is 101 Å². The van der Waals surface area contributed by atoms with Crippen molar-refractivity contribution in [2.45, 2.75) is 6.54 Å². The van der Waals surface area contributed by atoms with Gasteiger partial charge in [-0.1, -0.05) is 17.7 Å². The van der Waals surface area contributed by atoms with Crippen molar-refractivity contribution in [3.8, 4) is 0 Å². The lowest BCUT2D eigenvalue weighted by Crippen LogP contribution is -2.30. The van der Waals surface area contributed by atoms with Crippen LogP contribution >= 0.6 is 34.2 Å². The zero-order valence-corrected chi connectivity index (χ0v) is 10.7. The Kier molecular flexibility index (Phi) is 4.14. The summed E-state index contributed by atoms with van der Waals surface area (Å²) in [5, 5.41) is 5.37. The van der Waals surface area contributed by atoms with Crippen LogP contribution in [-0.4, -0.2) is 8.42 Å². The van der Waals surface area contributed by atoms with Crippen molar-refractivity contribution in [2.24, 2.45) is 5.14 Å². The lowest BCUT2D eigenvalue weighted by Gasteiger charge is -2.03. The van der Waals surface area contributed by atoms with Crippen LogP contribution in [0.25, 0.3) is 0 Å². The first-order valence-corrected chi connectivity index (χ1v) is 6.60. The lowest BCUT2D eigenvalue weighted by molar-refractivity contribution is 0.583. The van der Waals surface area contributed by atoms with Crippen molar-refractivity contribution in [3.63, 3.8) is 0 Å². The molecular weight excluding hydrogens is 339 g/mol. The van der Waals surface area contributed by atoms with E-state index in [0.29, 0.717) is 5.02 Å². The molecule has 78 valence electrons. The molecular formula is C7H8ClIN2O2S. The highest BCUT2D eigenvalue weighted by molar-refractivity contribution is 14.1. The summed E-state index contributed by atoms with van der Waals surface area (Å²) in [4.78, 5) is 0. The molecule has 0 amide bonds. The second kappa shape index (κ2) is 4.75. The first-order chi connectivity index (χ1) is 6.38. The van der Waals surface area contributed by atoms with Crippen molar-refractivity contribution in [1.82, 2.24) is 4.72 Å². The predicted molar refractivity (Wildman–Crippen MR) is 64.1 cm³/mol. The van der Waals surface area contributed by atoms with Gasteiger partial charge in [0.1, 0.15) is 0 Å². The maximum Gasteiger partial charge on any atom is 0.274 e. The Bertz CT molecular complexity index is 435. The minimum absolute atomic E-state index is 0.148. The lowest BCUT2D eigenvalue weighted by atomic mass is 10.2. The molecule has 0 aromatic heterocycles. The molecule has 0 aliphatic heterocycles. The van der Waals surface area contributed by atoms with Gasteiger partial charge < -0.3 is 0 Å². The number of hydrogen-bond donors (Lipinski definition) is 2. The third kappa shape index (κ3) is 4.09. The van der Waals surface area contributed by atoms with Gasteiger partial charge >= 0.3 is 0 Å². The highest BCUT2D eigenvalue weighted by Gasteiger charge is 2.03. The fourth-order valence-corrected chi connectivity index (χ4v) is 1.74. The van der Waals surface area contributed by atoms with E-state index < -0.39 is 10.2 Å². The average molecular weight is 347 g/mol. The van der Waals surface area contributed by atoms with Crippen LogP contribution in [0.5, 0.6) is 0 Å². The summed E-state index contributed by atoms with van der Waals surface area (Å²) in [6.45, 7) is 0.148. The van der Waals surface area contributed by atoms with E-state index in [-0.39, 0.29) is 6.54 Å². The summed E-state index contributed by atoms with van der Waals surface area (Å²) >= 11 is 7.94. The SMILES string of the molecule is NS(=O)(=O)NCc1ccc(I)c(Cl)c1. The van der Waals surface area contributed by atoms with Gasteiger partial charge in [-0.2, -0.15) is 13.1 Å². The second-order valence-electron chi connectivity index (χ2n) is 2.61. The van der Waals surface area contributed by atoms with E-state index in [4.69, 9.17) is 16.7 Å². The van der Waals surface area contributed by atoms with Crippen LogP contribution < -0.4 is 9.86 Å². The number of hydrogen-bond acceptors (Lipinski definition) is 2. The normalized spacial score (nSPS) is 11.6. The first kappa shape index (κ1) is 12.2. The molecule has 0 heterocycles. The van der Waals surface area contributed by atoms with Gasteiger partial charge in [0.05, 0.1) is 5.02 Å². The fourth-order valence-electron chi connectivity index (χ4n) is 0.834. The largest absolute Gasteiger partial charge is 0.274 e. The summed E-state index contributed by atoms with van der Waals surface area (Å²) in [5.74, 6) is 0. The summed E-state index contributed by atoms with van der Waals surface area (Å²) < 4.78 is 24.3. The molecule has 4 nitrogen and oxygen atoms in total. The van der Waals surface area contributed by atoms with Crippen LogP contribution in [0.3, 0.4) is 0 Å². The minimum Gasteiger partial charge on any atom is -0.216 e. The molecule has 0 radical (unpaired) electrons. The molecule has 0 aliphatic rings. The maximum absolute atomic E-state index is 10.6. The first-order valence-electron chi connectivity index (χ1n) is 3.60. The van der Waals surface area contributed by atoms with Gasteiger partial charge in [0, 0.05) is 10.1 Å². The molecule has 0 aliphatic carbocycles. The van der Waals surface area contributed by atoms with Crippen LogP contribution in [0.2, 0.25) is 5.02 Å². The molecule has 0 unspecified atom stereocenters. The zero-order chi connectivity index (χ0) is 10.8. The molecule has 14 heavy (non-hydrogen) atoms. The van der Waals surface area contributed by atoms with E-state index in [2.05, 4.69) is 27.3 Å². The summed E-state index contributed by atoms with van der Waals surface area (Å²) in [7, 11) is -3.64. The monoisotopic (exact) mass is 346 g/mol. The van der Waals surface area contributed by atoms with Crippen LogP contribution in [0, 0.1) is 3.57 Å². The Morgan fingerprint density at radius 3 is 2.64 bits per heavy atom. The van der Waals surface area contributed by atoms with Crippen LogP contribution in [0.15, 0.2) is 18.2 Å². The number of benzene rings is 1. The Balaban J connectivity index is 2.74. The molecule has 0 spiro atoms. The van der Waals surface area contributed by atoms with E-state index in [0.717, 1.165) is 9.13 Å². The van der Waals surface area contributed by atoms with E-state index in [9.17, 15) is 8.42 Å². The van der Waals surface area contributed by atoms with Crippen molar-refractivity contribution >= 4 is 44.4 Å². The van der Waals surface area contributed by atoms with Gasteiger partial charge in [0.2, 0.25) is 0 Å². The quantitative estimate of drug-likeness (QED) is 0.808. The summed E-state index contributed by atoms with van der Waals surface area (Å²) in [6, 6.07) is 5.29. The third-order valence-electron chi connectivity index (χ3n) is 1.46. The van der Waals surface area contributed by atoms with Crippen molar-refractivity contribution < 1.29 is 8.42 Å². The number of nitrogens with one attached hydrogen (secondary N) is 1. The van der Waals surface area contributed by atoms with Crippen molar-refractivity contribution in [3.05, 3.63) is 32.4 Å². The van der Waals surface area contributed by atoms with Crippen molar-refractivity contribution in [2.75, 3.05) is 0 Å². The number of halogens is 2. The predicted octanol–water partition coefficient (Wildman–Crippen LogP) is 1.24. The van der Waals surface area contributed by atoms with Gasteiger partial charge in [0.25, 0.3) is 10.2 Å². The molecule has 0 bridgehead atoms. The Morgan fingerprint density at radius 1 is 1.50 bits per heavy atom. The molecule has 7 heteroatoms. The molecule has 1 aromatic carbocycles. The number of nitrogens with two attached hydrogens (primary N) is 1. The standard InChI is InChI=1S/C7H8ClIN2O2S/c8-6-3-5(1-2-7(6)9)4-11-14(10,12)13/h1-3,11H,4H2,(H2,10,12,13). The Hall–Kier alpha value is 0.110. The van der Waals surface area contributed by atoms with E-state index in [1.54, 1.807) is 12.1 Å². The van der Waals surface area contributed by atoms with Crippen LogP contribution in [-0.2, 0) is 16.8 Å². The van der Waals surface area contributed by atoms with Gasteiger partial charge in [-0.3, -0.25) is 0 Å². The van der Waals surface area contributed by atoms with Crippen LogP contribution in [0.4, 0.5) is 0 Å². The van der Waals surface area contributed by atoms with E-state index in [1.807, 2.05) is 6.07 Å². The number of rotatable bonds is 3. The highest BCUT2D eigenvalue weighted by atomic mass is 127. The second-order valence-corrected chi connectivity index (χ2v) is 5.56. The molecule has 0 saturated heterocycles. The third-order valence-corrected chi connectivity index (χ3v) is 3.58. The zero-order valence-electron chi connectivity index (χ0n) is 7.00. The minimum atomic E-state index is -3.64. The summed E-state index contributed by atoms with van der Waals surface area (Å²) in [5.41, 5.74) is 0.768. The highest BCUT2D eigenvalue weighted by Crippen LogP contribution is 2.19. The van der Waals surface area contributed by atoms with Crippen molar-refractivity contribution in [1.29, 1.82) is 0 Å². The topological polar surface area (TPSA) is 72.2 Å². The molecule has 1 aromatic rings. The van der Waals surface area contributed by atoms with Gasteiger partial charge in [0.15, 0.2) is 0 Å². The summed E-state index contributed by atoms with van der Waals surface area (Å²) in [6.07, 6.45) is 0. The van der Waals surface area contributed by atoms with E-state index in [1.165, 1.54) is 0 Å². The van der Waals surface area contributed by atoms with Gasteiger partial charge in [-0.15, -0.1) is 0 Å². The molecule has 0 fully saturated rings. The maximum atomic E-state index is 10.6. The van der Waals surface area contributed by atoms with Gasteiger partial charge in [-0.25, -0.2) is 5.14 Å². The average Bonchev–Trinajstić information content (AvgIpc) is 2.06. The molecule has 0 saturated carbocycles. The molecule has 0 atom stereocenters. The molecule has 1 rings (SSSR count). The smallest absolute Gasteiger partial charge is 0.216 e. The van der Waals surface area contributed by atoms with Gasteiger partial charge in [-0.05, 0) is 40.3 Å².